The monoisotopic (exact) mass is 412 g/mol. The Morgan fingerprint density at radius 2 is 2.07 bits per heavy atom. The molecule has 2 rings (SSSR count). The Kier molecular flexibility index (Phi) is 7.15. The molecule has 142 valence electrons. The van der Waals surface area contributed by atoms with E-state index in [1.165, 1.54) is 0 Å². The van der Waals surface area contributed by atoms with Crippen molar-refractivity contribution in [3.05, 3.63) is 45.8 Å². The summed E-state index contributed by atoms with van der Waals surface area (Å²) in [7, 11) is 0. The molecule has 0 radical (unpaired) electrons. The number of nitriles is 1. The van der Waals surface area contributed by atoms with E-state index in [1.807, 2.05) is 6.07 Å². The number of nitrogen functional groups attached to an aromatic ring is 1. The molecular formula is C17H14F2N2O4S2. The summed E-state index contributed by atoms with van der Waals surface area (Å²) in [6, 6.07) is 4.77. The summed E-state index contributed by atoms with van der Waals surface area (Å²) in [5.74, 6) is -2.96. The average Bonchev–Trinajstić information content (AvgIpc) is 2.96. The Morgan fingerprint density at radius 3 is 2.74 bits per heavy atom. The normalized spacial score (nSPS) is 10.3. The van der Waals surface area contributed by atoms with E-state index in [9.17, 15) is 23.6 Å². The number of hydrogen-bond donors (Lipinski definition) is 1. The predicted octanol–water partition coefficient (Wildman–Crippen LogP) is 3.49. The van der Waals surface area contributed by atoms with Crippen LogP contribution in [0.4, 0.5) is 13.8 Å². The maximum absolute atomic E-state index is 13.5. The van der Waals surface area contributed by atoms with E-state index in [0.717, 1.165) is 41.3 Å². The van der Waals surface area contributed by atoms with Crippen molar-refractivity contribution in [3.8, 4) is 6.07 Å². The molecule has 0 saturated carbocycles. The van der Waals surface area contributed by atoms with E-state index in [0.29, 0.717) is 0 Å². The van der Waals surface area contributed by atoms with Gasteiger partial charge in [0.1, 0.15) is 34.2 Å². The molecular weight excluding hydrogens is 398 g/mol. The van der Waals surface area contributed by atoms with E-state index in [-0.39, 0.29) is 44.9 Å². The molecule has 27 heavy (non-hydrogen) atoms. The van der Waals surface area contributed by atoms with E-state index in [2.05, 4.69) is 0 Å². The molecule has 6 nitrogen and oxygen atoms in total. The van der Waals surface area contributed by atoms with Crippen molar-refractivity contribution in [1.82, 2.24) is 0 Å². The first-order chi connectivity index (χ1) is 12.9. The number of nitrogens with zero attached hydrogens (tertiary/aromatic N) is 1. The first-order valence-corrected chi connectivity index (χ1v) is 9.39. The van der Waals surface area contributed by atoms with Gasteiger partial charge in [0.25, 0.3) is 0 Å². The lowest BCUT2D eigenvalue weighted by Gasteiger charge is -2.07. The van der Waals surface area contributed by atoms with Crippen LogP contribution in [0.15, 0.2) is 23.1 Å². The zero-order valence-electron chi connectivity index (χ0n) is 14.1. The number of carbonyl (C=O) groups is 2. The molecule has 0 bridgehead atoms. The minimum Gasteiger partial charge on any atom is -0.462 e. The van der Waals surface area contributed by atoms with Gasteiger partial charge in [-0.25, -0.2) is 13.6 Å². The van der Waals surface area contributed by atoms with E-state index in [4.69, 9.17) is 15.2 Å². The van der Waals surface area contributed by atoms with Crippen molar-refractivity contribution in [3.63, 3.8) is 0 Å². The average molecular weight is 412 g/mol. The number of anilines is 1. The van der Waals surface area contributed by atoms with Crippen LogP contribution in [0, 0.1) is 23.0 Å². The second kappa shape index (κ2) is 9.34. The fourth-order valence-electron chi connectivity index (χ4n) is 2.03. The maximum atomic E-state index is 13.5. The molecule has 1 aromatic carbocycles. The van der Waals surface area contributed by atoms with Gasteiger partial charge in [0.05, 0.1) is 17.9 Å². The standard InChI is InChI=1S/C17H14F2N2O4S2/c1-2-24-17(23)15-11(10(6-20)16(21)27-15)7-25-14(22)8-26-13-5-9(18)3-4-12(13)19/h3-5H,2,7-8,21H2,1H3. The Hall–Kier alpha value is -2.64. The number of hydrogen-bond acceptors (Lipinski definition) is 8. The number of carbonyl (C=O) groups excluding carboxylic acids is 2. The third kappa shape index (κ3) is 5.18. The molecule has 0 saturated heterocycles. The van der Waals surface area contributed by atoms with Gasteiger partial charge < -0.3 is 15.2 Å². The quantitative estimate of drug-likeness (QED) is 0.548. The van der Waals surface area contributed by atoms with Crippen LogP contribution in [0.5, 0.6) is 0 Å². The summed E-state index contributed by atoms with van der Waals surface area (Å²) in [5, 5.41) is 9.31. The molecule has 0 amide bonds. The summed E-state index contributed by atoms with van der Waals surface area (Å²) < 4.78 is 36.6. The number of thioether (sulfide) groups is 1. The lowest BCUT2D eigenvalue weighted by Crippen LogP contribution is -2.11. The second-order valence-corrected chi connectivity index (χ2v) is 7.07. The number of halogens is 2. The molecule has 0 aliphatic heterocycles. The van der Waals surface area contributed by atoms with Crippen molar-refractivity contribution >= 4 is 40.0 Å². The fourth-order valence-corrected chi connectivity index (χ4v) is 3.70. The van der Waals surface area contributed by atoms with Crippen molar-refractivity contribution in [2.24, 2.45) is 0 Å². The van der Waals surface area contributed by atoms with E-state index in [1.54, 1.807) is 6.92 Å². The van der Waals surface area contributed by atoms with E-state index < -0.39 is 23.6 Å². The minimum atomic E-state index is -0.730. The highest BCUT2D eigenvalue weighted by Gasteiger charge is 2.24. The van der Waals surface area contributed by atoms with Crippen LogP contribution in [0.1, 0.15) is 27.7 Å². The second-order valence-electron chi connectivity index (χ2n) is 5.01. The van der Waals surface area contributed by atoms with Crippen LogP contribution in [0.25, 0.3) is 0 Å². The Morgan fingerprint density at radius 1 is 1.33 bits per heavy atom. The van der Waals surface area contributed by atoms with Crippen molar-refractivity contribution < 1.29 is 27.8 Å². The van der Waals surface area contributed by atoms with Crippen LogP contribution in [0.3, 0.4) is 0 Å². The molecule has 10 heteroatoms. The highest BCUT2D eigenvalue weighted by Crippen LogP contribution is 2.32. The number of thiophene rings is 1. The fraction of sp³-hybridized carbons (Fsp3) is 0.235. The van der Waals surface area contributed by atoms with Gasteiger partial charge in [0.15, 0.2) is 0 Å². The maximum Gasteiger partial charge on any atom is 0.348 e. The number of benzene rings is 1. The number of esters is 2. The Labute approximate surface area is 161 Å². The number of nitrogens with two attached hydrogens (primary N) is 1. The Bertz CT molecular complexity index is 909. The van der Waals surface area contributed by atoms with Gasteiger partial charge in [0.2, 0.25) is 0 Å². The summed E-state index contributed by atoms with van der Waals surface area (Å²) in [4.78, 5) is 23.9. The van der Waals surface area contributed by atoms with Gasteiger partial charge in [0, 0.05) is 10.5 Å². The molecule has 1 aromatic heterocycles. The third-order valence-electron chi connectivity index (χ3n) is 3.22. The topological polar surface area (TPSA) is 102 Å². The van der Waals surface area contributed by atoms with Gasteiger partial charge in [-0.15, -0.1) is 23.1 Å². The van der Waals surface area contributed by atoms with Gasteiger partial charge in [-0.3, -0.25) is 4.79 Å². The van der Waals surface area contributed by atoms with Gasteiger partial charge in [-0.1, -0.05) is 0 Å². The number of rotatable bonds is 7. The third-order valence-corrected chi connectivity index (χ3v) is 5.27. The van der Waals surface area contributed by atoms with Crippen LogP contribution in [-0.2, 0) is 20.9 Å². The Balaban J connectivity index is 2.05. The zero-order valence-corrected chi connectivity index (χ0v) is 15.7. The van der Waals surface area contributed by atoms with Crippen LogP contribution < -0.4 is 5.73 Å². The lowest BCUT2D eigenvalue weighted by molar-refractivity contribution is -0.141. The number of ether oxygens (including phenoxy) is 2. The molecule has 0 fully saturated rings. The minimum absolute atomic E-state index is 0.0309. The summed E-state index contributed by atoms with van der Waals surface area (Å²) in [5.41, 5.74) is 5.93. The molecule has 0 aliphatic carbocycles. The molecule has 0 aliphatic rings. The van der Waals surface area contributed by atoms with E-state index >= 15 is 0 Å². The summed E-state index contributed by atoms with van der Waals surface area (Å²) >= 11 is 1.64. The van der Waals surface area contributed by atoms with Crippen LogP contribution in [0.2, 0.25) is 0 Å². The molecule has 0 unspecified atom stereocenters. The predicted molar refractivity (Wildman–Crippen MR) is 96.3 cm³/mol. The van der Waals surface area contributed by atoms with Crippen molar-refractivity contribution in [2.75, 3.05) is 18.1 Å². The molecule has 0 spiro atoms. The lowest BCUT2D eigenvalue weighted by atomic mass is 10.1. The summed E-state index contributed by atoms with van der Waals surface area (Å²) in [6.45, 7) is 1.39. The highest BCUT2D eigenvalue weighted by molar-refractivity contribution is 8.00. The zero-order chi connectivity index (χ0) is 20.0. The molecule has 2 aromatic rings. The van der Waals surface area contributed by atoms with Crippen molar-refractivity contribution in [2.45, 2.75) is 18.4 Å². The van der Waals surface area contributed by atoms with Gasteiger partial charge >= 0.3 is 11.9 Å². The largest absolute Gasteiger partial charge is 0.462 e. The van der Waals surface area contributed by atoms with Crippen LogP contribution in [-0.4, -0.2) is 24.3 Å². The first kappa shape index (κ1) is 20.7. The molecule has 0 atom stereocenters. The molecule has 1 heterocycles. The smallest absolute Gasteiger partial charge is 0.348 e. The van der Waals surface area contributed by atoms with Gasteiger partial charge in [-0.05, 0) is 25.1 Å². The first-order valence-electron chi connectivity index (χ1n) is 7.59. The SMILES string of the molecule is CCOC(=O)c1sc(N)c(C#N)c1COC(=O)CSc1cc(F)ccc1F. The van der Waals surface area contributed by atoms with Crippen LogP contribution >= 0.6 is 23.1 Å². The highest BCUT2D eigenvalue weighted by atomic mass is 32.2. The summed E-state index contributed by atoms with van der Waals surface area (Å²) in [6.07, 6.45) is 0. The van der Waals surface area contributed by atoms with Crippen molar-refractivity contribution in [1.29, 1.82) is 5.26 Å². The van der Waals surface area contributed by atoms with Gasteiger partial charge in [-0.2, -0.15) is 5.26 Å². The molecule has 2 N–H and O–H groups in total.